The second-order valence-electron chi connectivity index (χ2n) is 7.21. The van der Waals surface area contributed by atoms with Crippen molar-refractivity contribution in [1.82, 2.24) is 0 Å². The molecule has 0 aliphatic rings. The van der Waals surface area contributed by atoms with Crippen LogP contribution in [0.15, 0.2) is 65.1 Å². The van der Waals surface area contributed by atoms with Crippen molar-refractivity contribution in [3.8, 4) is 17.1 Å². The van der Waals surface area contributed by atoms with E-state index < -0.39 is 0 Å². The maximum absolute atomic E-state index is 13.6. The standard InChI is InChI=1S/C25H22O3/c1-4-17-6-5-7-21-22(23(27)19-13-15(2)12-16(3)14-19)25(28-24(17)21)18-8-10-20(26)11-9-18/h5-14,26H,4H2,1-3H3. The lowest BCUT2D eigenvalue weighted by molar-refractivity contribution is 0.104. The van der Waals surface area contributed by atoms with Crippen LogP contribution >= 0.6 is 0 Å². The molecule has 0 aliphatic carbocycles. The van der Waals surface area contributed by atoms with Crippen molar-refractivity contribution in [2.45, 2.75) is 27.2 Å². The highest BCUT2D eigenvalue weighted by molar-refractivity contribution is 6.20. The maximum Gasteiger partial charge on any atom is 0.197 e. The Balaban J connectivity index is 2.01. The van der Waals surface area contributed by atoms with Crippen LogP contribution in [0.1, 0.15) is 39.5 Å². The monoisotopic (exact) mass is 370 g/mol. The summed E-state index contributed by atoms with van der Waals surface area (Å²) in [4.78, 5) is 13.6. The van der Waals surface area contributed by atoms with E-state index in [0.717, 1.165) is 39.6 Å². The number of para-hydroxylation sites is 1. The smallest absolute Gasteiger partial charge is 0.197 e. The summed E-state index contributed by atoms with van der Waals surface area (Å²) in [7, 11) is 0. The molecule has 0 spiro atoms. The van der Waals surface area contributed by atoms with Crippen LogP contribution in [0.5, 0.6) is 5.75 Å². The zero-order valence-corrected chi connectivity index (χ0v) is 16.2. The minimum atomic E-state index is -0.0538. The topological polar surface area (TPSA) is 50.4 Å². The molecule has 0 saturated carbocycles. The van der Waals surface area contributed by atoms with E-state index in [1.54, 1.807) is 24.3 Å². The largest absolute Gasteiger partial charge is 0.508 e. The lowest BCUT2D eigenvalue weighted by atomic mass is 9.94. The van der Waals surface area contributed by atoms with Crippen molar-refractivity contribution < 1.29 is 14.3 Å². The van der Waals surface area contributed by atoms with Crippen LogP contribution in [0.25, 0.3) is 22.3 Å². The molecule has 3 aromatic carbocycles. The molecule has 4 aromatic rings. The van der Waals surface area contributed by atoms with Gasteiger partial charge in [-0.25, -0.2) is 0 Å². The molecule has 1 N–H and O–H groups in total. The second kappa shape index (κ2) is 7.01. The molecule has 0 aliphatic heterocycles. The van der Waals surface area contributed by atoms with Gasteiger partial charge in [-0.1, -0.05) is 42.3 Å². The zero-order valence-electron chi connectivity index (χ0n) is 16.2. The molecule has 1 aromatic heterocycles. The van der Waals surface area contributed by atoms with E-state index in [1.165, 1.54) is 0 Å². The first-order chi connectivity index (χ1) is 13.5. The summed E-state index contributed by atoms with van der Waals surface area (Å²) in [6, 6.07) is 18.6. The van der Waals surface area contributed by atoms with Crippen LogP contribution in [-0.2, 0) is 6.42 Å². The van der Waals surface area contributed by atoms with E-state index in [2.05, 4.69) is 13.0 Å². The number of carbonyl (C=O) groups excluding carboxylic acids is 1. The summed E-state index contributed by atoms with van der Waals surface area (Å²) in [5, 5.41) is 10.5. The Bertz CT molecular complexity index is 1160. The Morgan fingerprint density at radius 1 is 0.964 bits per heavy atom. The third-order valence-corrected chi connectivity index (χ3v) is 5.02. The molecule has 0 radical (unpaired) electrons. The first kappa shape index (κ1) is 18.1. The molecule has 1 heterocycles. The first-order valence-corrected chi connectivity index (χ1v) is 9.44. The Morgan fingerprint density at radius 2 is 1.64 bits per heavy atom. The average Bonchev–Trinajstić information content (AvgIpc) is 3.06. The van der Waals surface area contributed by atoms with Crippen molar-refractivity contribution in [1.29, 1.82) is 0 Å². The zero-order chi connectivity index (χ0) is 19.8. The molecule has 0 unspecified atom stereocenters. The van der Waals surface area contributed by atoms with Gasteiger partial charge >= 0.3 is 0 Å². The predicted molar refractivity (Wildman–Crippen MR) is 112 cm³/mol. The number of phenols is 1. The fourth-order valence-corrected chi connectivity index (χ4v) is 3.75. The van der Waals surface area contributed by atoms with E-state index in [9.17, 15) is 9.90 Å². The number of hydrogen-bond acceptors (Lipinski definition) is 3. The average molecular weight is 370 g/mol. The highest BCUT2D eigenvalue weighted by Gasteiger charge is 2.24. The Hall–Kier alpha value is -3.33. The van der Waals surface area contributed by atoms with Crippen molar-refractivity contribution in [3.63, 3.8) is 0 Å². The van der Waals surface area contributed by atoms with Crippen molar-refractivity contribution in [2.24, 2.45) is 0 Å². The minimum Gasteiger partial charge on any atom is -0.508 e. The van der Waals surface area contributed by atoms with Gasteiger partial charge in [0.25, 0.3) is 0 Å². The Kier molecular flexibility index (Phi) is 4.52. The van der Waals surface area contributed by atoms with Gasteiger partial charge in [-0.05, 0) is 62.2 Å². The molecule has 3 heteroatoms. The van der Waals surface area contributed by atoms with Gasteiger partial charge in [-0.2, -0.15) is 0 Å². The van der Waals surface area contributed by atoms with Gasteiger partial charge in [0, 0.05) is 16.5 Å². The first-order valence-electron chi connectivity index (χ1n) is 9.44. The number of rotatable bonds is 4. The van der Waals surface area contributed by atoms with Gasteiger partial charge < -0.3 is 9.52 Å². The van der Waals surface area contributed by atoms with Gasteiger partial charge in [0.2, 0.25) is 0 Å². The number of ketones is 1. The number of furan rings is 1. The lowest BCUT2D eigenvalue weighted by Crippen LogP contribution is -2.03. The molecule has 0 saturated heterocycles. The normalized spacial score (nSPS) is 11.1. The van der Waals surface area contributed by atoms with Crippen LogP contribution in [0, 0.1) is 13.8 Å². The summed E-state index contributed by atoms with van der Waals surface area (Å²) in [6.45, 7) is 6.06. The molecule has 0 fully saturated rings. The number of benzene rings is 3. The van der Waals surface area contributed by atoms with E-state index in [0.29, 0.717) is 16.9 Å². The van der Waals surface area contributed by atoms with E-state index >= 15 is 0 Å². The Labute approximate surface area is 164 Å². The van der Waals surface area contributed by atoms with Crippen molar-refractivity contribution in [3.05, 3.63) is 88.5 Å². The number of phenolic OH excluding ortho intramolecular Hbond substituents is 1. The minimum absolute atomic E-state index is 0.0538. The summed E-state index contributed by atoms with van der Waals surface area (Å²) < 4.78 is 6.25. The highest BCUT2D eigenvalue weighted by Crippen LogP contribution is 2.37. The maximum atomic E-state index is 13.6. The van der Waals surface area contributed by atoms with Gasteiger partial charge in [-0.3, -0.25) is 4.79 Å². The summed E-state index contributed by atoms with van der Waals surface area (Å²) in [5.41, 5.74) is 5.91. The van der Waals surface area contributed by atoms with E-state index in [1.807, 2.05) is 44.2 Å². The number of aromatic hydroxyl groups is 1. The quantitative estimate of drug-likeness (QED) is 0.434. The van der Waals surface area contributed by atoms with Crippen LogP contribution in [0.4, 0.5) is 0 Å². The third-order valence-electron chi connectivity index (χ3n) is 5.02. The summed E-state index contributed by atoms with van der Waals surface area (Å²) >= 11 is 0. The molecule has 0 amide bonds. The summed E-state index contributed by atoms with van der Waals surface area (Å²) in [6.07, 6.45) is 0.817. The van der Waals surface area contributed by atoms with Crippen LogP contribution in [0.2, 0.25) is 0 Å². The molecule has 0 atom stereocenters. The molecule has 3 nitrogen and oxygen atoms in total. The fraction of sp³-hybridized carbons (Fsp3) is 0.160. The van der Waals surface area contributed by atoms with E-state index in [4.69, 9.17) is 4.42 Å². The fourth-order valence-electron chi connectivity index (χ4n) is 3.75. The second-order valence-corrected chi connectivity index (χ2v) is 7.21. The number of hydrogen-bond donors (Lipinski definition) is 1. The number of fused-ring (bicyclic) bond motifs is 1. The number of carbonyl (C=O) groups is 1. The van der Waals surface area contributed by atoms with Crippen molar-refractivity contribution in [2.75, 3.05) is 0 Å². The molecule has 0 bridgehead atoms. The third kappa shape index (κ3) is 3.09. The van der Waals surface area contributed by atoms with Crippen molar-refractivity contribution >= 4 is 16.8 Å². The predicted octanol–water partition coefficient (Wildman–Crippen LogP) is 6.22. The molecule has 4 rings (SSSR count). The molecular weight excluding hydrogens is 348 g/mol. The SMILES string of the molecule is CCc1cccc2c(C(=O)c3cc(C)cc(C)c3)c(-c3ccc(O)cc3)oc12. The van der Waals surface area contributed by atoms with E-state index in [-0.39, 0.29) is 11.5 Å². The van der Waals surface area contributed by atoms with Crippen LogP contribution < -0.4 is 0 Å². The molecule has 28 heavy (non-hydrogen) atoms. The summed E-state index contributed by atoms with van der Waals surface area (Å²) in [5.74, 6) is 0.665. The van der Waals surface area contributed by atoms with Gasteiger partial charge in [0.1, 0.15) is 17.1 Å². The molecule has 140 valence electrons. The highest BCUT2D eigenvalue weighted by atomic mass is 16.3. The van der Waals surface area contributed by atoms with Crippen LogP contribution in [0.3, 0.4) is 0 Å². The van der Waals surface area contributed by atoms with Crippen LogP contribution in [-0.4, -0.2) is 10.9 Å². The van der Waals surface area contributed by atoms with Gasteiger partial charge in [0.15, 0.2) is 5.78 Å². The number of aryl methyl sites for hydroxylation is 3. The lowest BCUT2D eigenvalue weighted by Gasteiger charge is -2.06. The Morgan fingerprint density at radius 3 is 2.29 bits per heavy atom. The van der Waals surface area contributed by atoms with Gasteiger partial charge in [0.05, 0.1) is 5.56 Å². The van der Waals surface area contributed by atoms with Gasteiger partial charge in [-0.15, -0.1) is 0 Å². The molecular formula is C25H22O3.